The van der Waals surface area contributed by atoms with Gasteiger partial charge in [-0.2, -0.15) is 0 Å². The second-order valence-electron chi connectivity index (χ2n) is 8.46. The molecule has 0 atom stereocenters. The Morgan fingerprint density at radius 2 is 1.97 bits per heavy atom. The highest BCUT2D eigenvalue weighted by Gasteiger charge is 2.24. The van der Waals surface area contributed by atoms with Gasteiger partial charge in [-0.15, -0.1) is 10.2 Å². The second kappa shape index (κ2) is 9.35. The first-order valence-corrected chi connectivity index (χ1v) is 10.9. The molecule has 2 amide bonds. The summed E-state index contributed by atoms with van der Waals surface area (Å²) in [6.07, 6.45) is 3.48. The normalized spacial score (nSPS) is 13.2. The van der Waals surface area contributed by atoms with Crippen molar-refractivity contribution in [3.63, 3.8) is 0 Å². The number of rotatable bonds is 5. The molecular weight excluding hydrogens is 422 g/mol. The molecule has 0 aliphatic carbocycles. The lowest BCUT2D eigenvalue weighted by Crippen LogP contribution is -2.37. The van der Waals surface area contributed by atoms with Gasteiger partial charge in [0, 0.05) is 25.3 Å². The Hall–Kier alpha value is -3.82. The van der Waals surface area contributed by atoms with Crippen LogP contribution in [0.25, 0.3) is 11.5 Å². The highest BCUT2D eigenvalue weighted by Crippen LogP contribution is 2.22. The van der Waals surface area contributed by atoms with E-state index in [0.29, 0.717) is 36.8 Å². The molecule has 0 fully saturated rings. The van der Waals surface area contributed by atoms with Gasteiger partial charge in [0.05, 0.1) is 6.10 Å². The van der Waals surface area contributed by atoms with E-state index in [0.717, 1.165) is 11.1 Å². The maximum absolute atomic E-state index is 12.9. The van der Waals surface area contributed by atoms with Crippen molar-refractivity contribution < 1.29 is 14.3 Å². The van der Waals surface area contributed by atoms with Crippen LogP contribution in [0.5, 0.6) is 0 Å². The number of fused-ring (bicyclic) bond motifs is 1. The molecule has 3 aromatic heterocycles. The lowest BCUT2D eigenvalue weighted by molar-refractivity contribution is 0.0729. The zero-order valence-electron chi connectivity index (χ0n) is 19.1. The third kappa shape index (κ3) is 5.00. The van der Waals surface area contributed by atoms with Crippen molar-refractivity contribution in [3.05, 3.63) is 53.6 Å². The number of hydrogen-bond donors (Lipinski definition) is 1. The third-order valence-corrected chi connectivity index (χ3v) is 5.27. The van der Waals surface area contributed by atoms with Gasteiger partial charge >= 0.3 is 6.09 Å². The zero-order valence-corrected chi connectivity index (χ0v) is 19.1. The van der Waals surface area contributed by atoms with Gasteiger partial charge in [-0.3, -0.25) is 9.78 Å². The summed E-state index contributed by atoms with van der Waals surface area (Å²) in [5, 5.41) is 10.9. The molecule has 172 valence electrons. The number of carbonyl (C=O) groups is 2. The monoisotopic (exact) mass is 449 g/mol. The van der Waals surface area contributed by atoms with Gasteiger partial charge in [0.2, 0.25) is 0 Å². The molecule has 1 aliphatic rings. The third-order valence-electron chi connectivity index (χ3n) is 5.27. The molecule has 10 heteroatoms. The number of nitrogens with zero attached hydrogens (tertiary/aromatic N) is 6. The quantitative estimate of drug-likeness (QED) is 0.634. The van der Waals surface area contributed by atoms with Crippen LogP contribution in [0, 0.1) is 0 Å². The number of aromatic nitrogens is 5. The number of amides is 2. The molecule has 0 radical (unpaired) electrons. The lowest BCUT2D eigenvalue weighted by atomic mass is 10.0. The minimum absolute atomic E-state index is 0.173. The first kappa shape index (κ1) is 22.4. The van der Waals surface area contributed by atoms with Crippen LogP contribution >= 0.6 is 0 Å². The Kier molecular flexibility index (Phi) is 6.34. The topological polar surface area (TPSA) is 115 Å². The smallest absolute Gasteiger partial charge is 0.410 e. The van der Waals surface area contributed by atoms with Gasteiger partial charge in [-0.25, -0.2) is 9.78 Å². The fourth-order valence-corrected chi connectivity index (χ4v) is 3.61. The first-order valence-electron chi connectivity index (χ1n) is 10.9. The summed E-state index contributed by atoms with van der Waals surface area (Å²) in [6.45, 7) is 8.63. The molecule has 0 spiro atoms. The van der Waals surface area contributed by atoms with E-state index >= 15 is 0 Å². The number of anilines is 1. The molecule has 3 aromatic rings. The van der Waals surface area contributed by atoms with Crippen LogP contribution in [0.1, 0.15) is 55.4 Å². The molecule has 0 saturated heterocycles. The fourth-order valence-electron chi connectivity index (χ4n) is 3.61. The molecule has 33 heavy (non-hydrogen) atoms. The van der Waals surface area contributed by atoms with E-state index in [2.05, 4.69) is 25.5 Å². The van der Waals surface area contributed by atoms with Crippen molar-refractivity contribution >= 4 is 17.8 Å². The molecule has 4 rings (SSSR count). The number of nitrogens with one attached hydrogen (secondary N) is 1. The second-order valence-corrected chi connectivity index (χ2v) is 8.46. The largest absolute Gasteiger partial charge is 0.447 e. The SMILES string of the molecule is CC(C)OC(=O)N1CCc2cnc(C(=O)Nc3cccc(-c4nncn4C(C)C)n3)cc2C1. The van der Waals surface area contributed by atoms with Gasteiger partial charge in [0.25, 0.3) is 5.91 Å². The highest BCUT2D eigenvalue weighted by atomic mass is 16.6. The van der Waals surface area contributed by atoms with Crippen molar-refractivity contribution in [2.24, 2.45) is 0 Å². The van der Waals surface area contributed by atoms with Gasteiger partial charge in [0.15, 0.2) is 5.82 Å². The van der Waals surface area contributed by atoms with Gasteiger partial charge in [0.1, 0.15) is 23.5 Å². The Bertz CT molecular complexity index is 1170. The Morgan fingerprint density at radius 1 is 1.15 bits per heavy atom. The van der Waals surface area contributed by atoms with E-state index in [1.54, 1.807) is 35.6 Å². The van der Waals surface area contributed by atoms with E-state index in [-0.39, 0.29) is 29.8 Å². The predicted molar refractivity (Wildman–Crippen MR) is 122 cm³/mol. The Balaban J connectivity index is 1.50. The molecule has 0 saturated carbocycles. The lowest BCUT2D eigenvalue weighted by Gasteiger charge is -2.28. The minimum Gasteiger partial charge on any atom is -0.447 e. The predicted octanol–water partition coefficient (Wildman–Crippen LogP) is 3.47. The maximum atomic E-state index is 12.9. The first-order chi connectivity index (χ1) is 15.8. The van der Waals surface area contributed by atoms with E-state index in [1.807, 2.05) is 38.3 Å². The summed E-state index contributed by atoms with van der Waals surface area (Å²) >= 11 is 0. The van der Waals surface area contributed by atoms with Crippen LogP contribution in [0.3, 0.4) is 0 Å². The summed E-state index contributed by atoms with van der Waals surface area (Å²) in [4.78, 5) is 35.6. The summed E-state index contributed by atoms with van der Waals surface area (Å²) in [5.74, 6) is 0.633. The van der Waals surface area contributed by atoms with Gasteiger partial charge in [-0.05, 0) is 63.4 Å². The number of ether oxygens (including phenoxy) is 1. The summed E-state index contributed by atoms with van der Waals surface area (Å²) in [7, 11) is 0. The molecule has 0 bridgehead atoms. The zero-order chi connectivity index (χ0) is 23.5. The summed E-state index contributed by atoms with van der Waals surface area (Å²) in [6, 6.07) is 7.22. The standard InChI is InChI=1S/C23H27N7O3/c1-14(2)30-13-25-28-21(30)18-6-5-7-20(26-18)27-22(31)19-10-17-12-29(23(32)33-15(3)4)9-8-16(17)11-24-19/h5-7,10-11,13-15H,8-9,12H2,1-4H3,(H,26,27,31). The maximum Gasteiger partial charge on any atom is 0.410 e. The number of hydrogen-bond acceptors (Lipinski definition) is 7. The Labute approximate surface area is 192 Å². The summed E-state index contributed by atoms with van der Waals surface area (Å²) < 4.78 is 7.21. The fraction of sp³-hybridized carbons (Fsp3) is 0.391. The van der Waals surface area contributed by atoms with Crippen LogP contribution in [0.4, 0.5) is 10.6 Å². The number of carbonyl (C=O) groups excluding carboxylic acids is 2. The van der Waals surface area contributed by atoms with E-state index in [4.69, 9.17) is 4.74 Å². The van der Waals surface area contributed by atoms with Crippen molar-refractivity contribution in [3.8, 4) is 11.5 Å². The van der Waals surface area contributed by atoms with Crippen LogP contribution in [-0.2, 0) is 17.7 Å². The minimum atomic E-state index is -0.380. The van der Waals surface area contributed by atoms with Gasteiger partial charge < -0.3 is 19.5 Å². The Morgan fingerprint density at radius 3 is 2.73 bits per heavy atom. The molecule has 4 heterocycles. The summed E-state index contributed by atoms with van der Waals surface area (Å²) in [5.41, 5.74) is 2.77. The number of pyridine rings is 2. The van der Waals surface area contributed by atoms with Crippen LogP contribution in [0.15, 0.2) is 36.8 Å². The van der Waals surface area contributed by atoms with Crippen molar-refractivity contribution in [1.29, 1.82) is 0 Å². The van der Waals surface area contributed by atoms with E-state index < -0.39 is 0 Å². The molecule has 10 nitrogen and oxygen atoms in total. The molecule has 1 N–H and O–H groups in total. The van der Waals surface area contributed by atoms with E-state index in [9.17, 15) is 9.59 Å². The van der Waals surface area contributed by atoms with Crippen molar-refractivity contribution in [2.75, 3.05) is 11.9 Å². The van der Waals surface area contributed by atoms with Crippen molar-refractivity contribution in [1.82, 2.24) is 29.6 Å². The average Bonchev–Trinajstić information content (AvgIpc) is 3.28. The molecular formula is C23H27N7O3. The van der Waals surface area contributed by atoms with Crippen LogP contribution in [-0.4, -0.2) is 54.3 Å². The van der Waals surface area contributed by atoms with E-state index in [1.165, 1.54) is 0 Å². The van der Waals surface area contributed by atoms with Gasteiger partial charge in [-0.1, -0.05) is 6.07 Å². The molecule has 0 unspecified atom stereocenters. The molecule has 0 aromatic carbocycles. The highest BCUT2D eigenvalue weighted by molar-refractivity contribution is 6.02. The average molecular weight is 450 g/mol. The van der Waals surface area contributed by atoms with Crippen molar-refractivity contribution in [2.45, 2.75) is 52.8 Å². The molecule has 1 aliphatic heterocycles. The van der Waals surface area contributed by atoms with Crippen LogP contribution in [0.2, 0.25) is 0 Å². The van der Waals surface area contributed by atoms with Crippen LogP contribution < -0.4 is 5.32 Å².